The summed E-state index contributed by atoms with van der Waals surface area (Å²) >= 11 is 0. The number of ether oxygens (including phenoxy) is 1. The summed E-state index contributed by atoms with van der Waals surface area (Å²) in [5.74, 6) is -0.416. The van der Waals surface area contributed by atoms with Crippen molar-refractivity contribution in [3.8, 4) is 0 Å². The lowest BCUT2D eigenvalue weighted by Crippen LogP contribution is -2.02. The van der Waals surface area contributed by atoms with E-state index in [0.717, 1.165) is 16.8 Å². The van der Waals surface area contributed by atoms with Crippen molar-refractivity contribution in [2.45, 2.75) is 11.4 Å². The number of hydrogen-bond donors (Lipinski definition) is 1. The minimum atomic E-state index is -3.18. The molecule has 6 heteroatoms. The first kappa shape index (κ1) is 17.7. The van der Waals surface area contributed by atoms with E-state index in [1.807, 2.05) is 24.3 Å². The third kappa shape index (κ3) is 4.96. The summed E-state index contributed by atoms with van der Waals surface area (Å²) in [5.41, 5.74) is 2.68. The van der Waals surface area contributed by atoms with Crippen LogP contribution in [0.5, 0.6) is 0 Å². The van der Waals surface area contributed by atoms with Crippen LogP contribution >= 0.6 is 0 Å². The number of hydrogen-bond acceptors (Lipinski definition) is 5. The Labute approximate surface area is 141 Å². The summed E-state index contributed by atoms with van der Waals surface area (Å²) in [5, 5.41) is 3.28. The highest BCUT2D eigenvalue weighted by Crippen LogP contribution is 2.18. The van der Waals surface area contributed by atoms with Crippen molar-refractivity contribution in [3.05, 3.63) is 65.7 Å². The topological polar surface area (TPSA) is 72.5 Å². The Morgan fingerprint density at radius 3 is 2.42 bits per heavy atom. The SMILES string of the molecule is COC(=O)C=Cc1ccccc1NCc1ccc(S(C)(=O)=O)cc1. The quantitative estimate of drug-likeness (QED) is 0.644. The van der Waals surface area contributed by atoms with Crippen LogP contribution in [-0.2, 0) is 25.9 Å². The average Bonchev–Trinajstić information content (AvgIpc) is 2.58. The Kier molecular flexibility index (Phi) is 5.76. The third-order valence-electron chi connectivity index (χ3n) is 3.40. The van der Waals surface area contributed by atoms with Gasteiger partial charge in [-0.05, 0) is 35.4 Å². The fourth-order valence-corrected chi connectivity index (χ4v) is 2.71. The van der Waals surface area contributed by atoms with Crippen LogP contribution in [0.4, 0.5) is 5.69 Å². The fourth-order valence-electron chi connectivity index (χ4n) is 2.08. The molecule has 0 spiro atoms. The molecule has 0 aliphatic heterocycles. The predicted octanol–water partition coefficient (Wildman–Crippen LogP) is 2.89. The fraction of sp³-hybridized carbons (Fsp3) is 0.167. The van der Waals surface area contributed by atoms with Crippen LogP contribution in [0.1, 0.15) is 11.1 Å². The van der Waals surface area contributed by atoms with Gasteiger partial charge in [-0.3, -0.25) is 0 Å². The number of carbonyl (C=O) groups excluding carboxylic acids is 1. The van der Waals surface area contributed by atoms with Gasteiger partial charge in [0.05, 0.1) is 12.0 Å². The molecule has 0 saturated heterocycles. The van der Waals surface area contributed by atoms with Crippen LogP contribution in [0.25, 0.3) is 6.08 Å². The molecule has 2 aromatic rings. The molecule has 0 fully saturated rings. The van der Waals surface area contributed by atoms with Gasteiger partial charge < -0.3 is 10.1 Å². The van der Waals surface area contributed by atoms with Gasteiger partial charge >= 0.3 is 5.97 Å². The zero-order valence-electron chi connectivity index (χ0n) is 13.5. The number of benzene rings is 2. The molecule has 0 aliphatic rings. The number of sulfone groups is 1. The van der Waals surface area contributed by atoms with E-state index in [1.165, 1.54) is 19.4 Å². The highest BCUT2D eigenvalue weighted by atomic mass is 32.2. The van der Waals surface area contributed by atoms with E-state index in [-0.39, 0.29) is 0 Å². The van der Waals surface area contributed by atoms with Crippen LogP contribution in [0.15, 0.2) is 59.5 Å². The zero-order chi connectivity index (χ0) is 17.6. The summed E-state index contributed by atoms with van der Waals surface area (Å²) in [6, 6.07) is 14.3. The summed E-state index contributed by atoms with van der Waals surface area (Å²) < 4.78 is 27.5. The molecular weight excluding hydrogens is 326 g/mol. The molecule has 5 nitrogen and oxygen atoms in total. The first-order valence-electron chi connectivity index (χ1n) is 7.28. The highest BCUT2D eigenvalue weighted by Gasteiger charge is 2.06. The van der Waals surface area contributed by atoms with Gasteiger partial charge in [-0.2, -0.15) is 0 Å². The van der Waals surface area contributed by atoms with Crippen LogP contribution in [0, 0.1) is 0 Å². The summed E-state index contributed by atoms with van der Waals surface area (Å²) in [7, 11) is -1.85. The van der Waals surface area contributed by atoms with E-state index in [0.29, 0.717) is 11.4 Å². The standard InChI is InChI=1S/C18H19NO4S/c1-23-18(20)12-9-15-5-3-4-6-17(15)19-13-14-7-10-16(11-8-14)24(2,21)22/h3-12,19H,13H2,1-2H3. The predicted molar refractivity (Wildman–Crippen MR) is 94.4 cm³/mol. The summed E-state index contributed by atoms with van der Waals surface area (Å²) in [6.07, 6.45) is 4.23. The van der Waals surface area contributed by atoms with Crippen LogP contribution in [0.3, 0.4) is 0 Å². The van der Waals surface area contributed by atoms with Gasteiger partial charge in [-0.15, -0.1) is 0 Å². The highest BCUT2D eigenvalue weighted by molar-refractivity contribution is 7.90. The number of methoxy groups -OCH3 is 1. The second-order valence-corrected chi connectivity index (χ2v) is 7.23. The largest absolute Gasteiger partial charge is 0.466 e. The molecular formula is C18H19NO4S. The minimum absolute atomic E-state index is 0.299. The van der Waals surface area contributed by atoms with E-state index in [9.17, 15) is 13.2 Å². The molecule has 0 bridgehead atoms. The van der Waals surface area contributed by atoms with Crippen molar-refractivity contribution >= 4 is 27.6 Å². The Bertz CT molecular complexity index is 840. The molecule has 0 aliphatic carbocycles. The monoisotopic (exact) mass is 345 g/mol. The number of carbonyl (C=O) groups is 1. The lowest BCUT2D eigenvalue weighted by Gasteiger charge is -2.10. The van der Waals surface area contributed by atoms with Gasteiger partial charge in [0.1, 0.15) is 0 Å². The normalized spacial score (nSPS) is 11.4. The molecule has 2 aromatic carbocycles. The third-order valence-corrected chi connectivity index (χ3v) is 4.52. The Hall–Kier alpha value is -2.60. The molecule has 0 aromatic heterocycles. The molecule has 1 N–H and O–H groups in total. The Morgan fingerprint density at radius 2 is 1.79 bits per heavy atom. The number of para-hydroxylation sites is 1. The first-order valence-corrected chi connectivity index (χ1v) is 9.17. The lowest BCUT2D eigenvalue weighted by molar-refractivity contribution is -0.134. The van der Waals surface area contributed by atoms with Gasteiger partial charge in [0, 0.05) is 24.6 Å². The molecule has 0 saturated carbocycles. The molecule has 2 rings (SSSR count). The van der Waals surface area contributed by atoms with Crippen molar-refractivity contribution in [3.63, 3.8) is 0 Å². The van der Waals surface area contributed by atoms with Crippen LogP contribution < -0.4 is 5.32 Å². The Morgan fingerprint density at radius 1 is 1.12 bits per heavy atom. The number of esters is 1. The number of rotatable bonds is 6. The number of anilines is 1. The van der Waals surface area contributed by atoms with Crippen molar-refractivity contribution in [2.75, 3.05) is 18.7 Å². The molecule has 0 radical (unpaired) electrons. The second-order valence-electron chi connectivity index (χ2n) is 5.21. The summed E-state index contributed by atoms with van der Waals surface area (Å²) in [6.45, 7) is 0.535. The van der Waals surface area contributed by atoms with Crippen molar-refractivity contribution in [1.29, 1.82) is 0 Å². The Balaban J connectivity index is 2.09. The maximum absolute atomic E-state index is 11.5. The van der Waals surface area contributed by atoms with E-state index in [4.69, 9.17) is 0 Å². The zero-order valence-corrected chi connectivity index (χ0v) is 14.3. The second kappa shape index (κ2) is 7.79. The molecule has 0 unspecified atom stereocenters. The summed E-state index contributed by atoms with van der Waals surface area (Å²) in [4.78, 5) is 11.5. The van der Waals surface area contributed by atoms with Gasteiger partial charge in [-0.1, -0.05) is 30.3 Å². The average molecular weight is 345 g/mol. The van der Waals surface area contributed by atoms with Gasteiger partial charge in [-0.25, -0.2) is 13.2 Å². The maximum atomic E-state index is 11.5. The lowest BCUT2D eigenvalue weighted by atomic mass is 10.1. The van der Waals surface area contributed by atoms with Crippen LogP contribution in [-0.4, -0.2) is 27.8 Å². The van der Waals surface area contributed by atoms with E-state index in [1.54, 1.807) is 30.3 Å². The van der Waals surface area contributed by atoms with Gasteiger partial charge in [0.2, 0.25) is 0 Å². The van der Waals surface area contributed by atoms with E-state index < -0.39 is 15.8 Å². The first-order chi connectivity index (χ1) is 11.4. The maximum Gasteiger partial charge on any atom is 0.330 e. The molecule has 0 atom stereocenters. The molecule has 0 amide bonds. The number of nitrogens with one attached hydrogen (secondary N) is 1. The van der Waals surface area contributed by atoms with E-state index >= 15 is 0 Å². The van der Waals surface area contributed by atoms with Crippen LogP contribution in [0.2, 0.25) is 0 Å². The van der Waals surface area contributed by atoms with Crippen molar-refractivity contribution < 1.29 is 17.9 Å². The smallest absolute Gasteiger partial charge is 0.330 e. The van der Waals surface area contributed by atoms with E-state index in [2.05, 4.69) is 10.1 Å². The van der Waals surface area contributed by atoms with Crippen molar-refractivity contribution in [1.82, 2.24) is 0 Å². The van der Waals surface area contributed by atoms with Gasteiger partial charge in [0.25, 0.3) is 0 Å². The molecule has 0 heterocycles. The minimum Gasteiger partial charge on any atom is -0.466 e. The molecule has 126 valence electrons. The van der Waals surface area contributed by atoms with Gasteiger partial charge in [0.15, 0.2) is 9.84 Å². The molecule has 24 heavy (non-hydrogen) atoms. The van der Waals surface area contributed by atoms with Crippen molar-refractivity contribution in [2.24, 2.45) is 0 Å².